The quantitative estimate of drug-likeness (QED) is 0.618. The number of fused-ring (bicyclic) bond motifs is 1. The van der Waals surface area contributed by atoms with Crippen molar-refractivity contribution in [3.8, 4) is 6.07 Å². The summed E-state index contributed by atoms with van der Waals surface area (Å²) in [6.45, 7) is 4.04. The van der Waals surface area contributed by atoms with Crippen molar-refractivity contribution < 1.29 is 0 Å². The van der Waals surface area contributed by atoms with Crippen molar-refractivity contribution in [3.05, 3.63) is 35.0 Å². The van der Waals surface area contributed by atoms with Crippen LogP contribution in [0.3, 0.4) is 0 Å². The normalized spacial score (nSPS) is 10.4. The number of hydrogen-bond donors (Lipinski definition) is 0. The van der Waals surface area contributed by atoms with Crippen LogP contribution in [0.5, 0.6) is 0 Å². The van der Waals surface area contributed by atoms with Gasteiger partial charge in [0.15, 0.2) is 0 Å². The van der Waals surface area contributed by atoms with Crippen molar-refractivity contribution in [2.45, 2.75) is 13.8 Å². The van der Waals surface area contributed by atoms with Crippen LogP contribution in [0.25, 0.3) is 10.9 Å². The molecule has 2 aromatic rings. The summed E-state index contributed by atoms with van der Waals surface area (Å²) < 4.78 is 2.07. The van der Waals surface area contributed by atoms with E-state index in [1.807, 2.05) is 26.1 Å². The first-order valence-electron chi connectivity index (χ1n) is 4.61. The highest BCUT2D eigenvalue weighted by Gasteiger charge is 2.10. The molecule has 1 heterocycles. The van der Waals surface area contributed by atoms with Gasteiger partial charge in [-0.2, -0.15) is 5.26 Å². The molecule has 0 atom stereocenters. The standard InChI is InChI=1S/C12H12N2/c1-8-4-5-10-11(7-13)9(2)14(3)12(10)6-8/h4-6H,1-3H3. The average Bonchev–Trinajstić information content (AvgIpc) is 2.41. The first-order chi connectivity index (χ1) is 6.65. The molecule has 2 rings (SSSR count). The van der Waals surface area contributed by atoms with Crippen LogP contribution in [0.1, 0.15) is 16.8 Å². The van der Waals surface area contributed by atoms with Gasteiger partial charge >= 0.3 is 0 Å². The Morgan fingerprint density at radius 3 is 2.64 bits per heavy atom. The lowest BCUT2D eigenvalue weighted by atomic mass is 10.1. The summed E-state index contributed by atoms with van der Waals surface area (Å²) in [5, 5.41) is 10.1. The number of nitrogens with zero attached hydrogens (tertiary/aromatic N) is 2. The average molecular weight is 184 g/mol. The van der Waals surface area contributed by atoms with Crippen LogP contribution in [0, 0.1) is 25.2 Å². The molecule has 2 heteroatoms. The van der Waals surface area contributed by atoms with Gasteiger partial charge in [-0.05, 0) is 25.5 Å². The molecule has 2 nitrogen and oxygen atoms in total. The van der Waals surface area contributed by atoms with Crippen LogP contribution in [-0.4, -0.2) is 4.57 Å². The zero-order valence-corrected chi connectivity index (χ0v) is 8.63. The van der Waals surface area contributed by atoms with Gasteiger partial charge < -0.3 is 4.57 Å². The van der Waals surface area contributed by atoms with E-state index in [1.165, 1.54) is 5.56 Å². The third-order valence-electron chi connectivity index (χ3n) is 2.76. The van der Waals surface area contributed by atoms with Gasteiger partial charge in [-0.25, -0.2) is 0 Å². The lowest BCUT2D eigenvalue weighted by molar-refractivity contribution is 0.914. The Balaban J connectivity index is 2.97. The van der Waals surface area contributed by atoms with Crippen LogP contribution >= 0.6 is 0 Å². The number of aromatic nitrogens is 1. The fraction of sp³-hybridized carbons (Fsp3) is 0.250. The van der Waals surface area contributed by atoms with Crippen LogP contribution in [0.4, 0.5) is 0 Å². The molecule has 0 aliphatic carbocycles. The highest BCUT2D eigenvalue weighted by Crippen LogP contribution is 2.24. The maximum absolute atomic E-state index is 9.04. The highest BCUT2D eigenvalue weighted by atomic mass is 14.9. The zero-order valence-electron chi connectivity index (χ0n) is 8.63. The topological polar surface area (TPSA) is 28.7 Å². The summed E-state index contributed by atoms with van der Waals surface area (Å²) in [5.41, 5.74) is 4.19. The van der Waals surface area contributed by atoms with Gasteiger partial charge in [0.25, 0.3) is 0 Å². The summed E-state index contributed by atoms with van der Waals surface area (Å²) in [4.78, 5) is 0. The maximum atomic E-state index is 9.04. The highest BCUT2D eigenvalue weighted by molar-refractivity contribution is 5.88. The largest absolute Gasteiger partial charge is 0.347 e. The van der Waals surface area contributed by atoms with E-state index in [4.69, 9.17) is 5.26 Å². The van der Waals surface area contributed by atoms with Crippen molar-refractivity contribution in [2.24, 2.45) is 7.05 Å². The molecule has 14 heavy (non-hydrogen) atoms. The van der Waals surface area contributed by atoms with Crippen molar-refractivity contribution in [1.82, 2.24) is 4.57 Å². The maximum Gasteiger partial charge on any atom is 0.102 e. The van der Waals surface area contributed by atoms with Crippen LogP contribution in [-0.2, 0) is 7.05 Å². The van der Waals surface area contributed by atoms with Gasteiger partial charge in [-0.1, -0.05) is 12.1 Å². The molecule has 0 N–H and O–H groups in total. The fourth-order valence-corrected chi connectivity index (χ4v) is 1.81. The first-order valence-corrected chi connectivity index (χ1v) is 4.61. The van der Waals surface area contributed by atoms with Gasteiger partial charge in [0, 0.05) is 23.6 Å². The zero-order chi connectivity index (χ0) is 10.3. The molecule has 0 aliphatic rings. The molecular weight excluding hydrogens is 172 g/mol. The molecule has 0 amide bonds. The fourth-order valence-electron chi connectivity index (χ4n) is 1.81. The summed E-state index contributed by atoms with van der Waals surface area (Å²) >= 11 is 0. The molecule has 1 aromatic heterocycles. The Bertz CT molecular complexity index is 541. The molecule has 0 fully saturated rings. The molecule has 70 valence electrons. The van der Waals surface area contributed by atoms with Gasteiger partial charge in [0.1, 0.15) is 6.07 Å². The van der Waals surface area contributed by atoms with Crippen LogP contribution in [0.2, 0.25) is 0 Å². The smallest absolute Gasteiger partial charge is 0.102 e. The minimum Gasteiger partial charge on any atom is -0.347 e. The van der Waals surface area contributed by atoms with E-state index in [-0.39, 0.29) is 0 Å². The van der Waals surface area contributed by atoms with E-state index in [2.05, 4.69) is 23.6 Å². The van der Waals surface area contributed by atoms with Crippen molar-refractivity contribution in [3.63, 3.8) is 0 Å². The summed E-state index contributed by atoms with van der Waals surface area (Å²) in [5.74, 6) is 0. The minimum atomic E-state index is 0.794. The summed E-state index contributed by atoms with van der Waals surface area (Å²) in [6.07, 6.45) is 0. The Hall–Kier alpha value is -1.75. The van der Waals surface area contributed by atoms with E-state index < -0.39 is 0 Å². The predicted molar refractivity (Wildman–Crippen MR) is 57.1 cm³/mol. The molecule has 0 saturated carbocycles. The molecule has 0 radical (unpaired) electrons. The van der Waals surface area contributed by atoms with Crippen LogP contribution in [0.15, 0.2) is 18.2 Å². The van der Waals surface area contributed by atoms with E-state index >= 15 is 0 Å². The molecular formula is C12H12N2. The van der Waals surface area contributed by atoms with Gasteiger partial charge in [-0.3, -0.25) is 0 Å². The second kappa shape index (κ2) is 2.88. The Labute approximate surface area is 83.4 Å². The first kappa shape index (κ1) is 8.83. The number of nitriles is 1. The number of benzene rings is 1. The van der Waals surface area contributed by atoms with Crippen molar-refractivity contribution in [2.75, 3.05) is 0 Å². The Morgan fingerprint density at radius 1 is 1.29 bits per heavy atom. The van der Waals surface area contributed by atoms with E-state index in [9.17, 15) is 0 Å². The molecule has 0 aliphatic heterocycles. The number of aryl methyl sites for hydroxylation is 2. The molecule has 0 bridgehead atoms. The third kappa shape index (κ3) is 1.03. The third-order valence-corrected chi connectivity index (χ3v) is 2.76. The van der Waals surface area contributed by atoms with E-state index in [1.54, 1.807) is 0 Å². The number of hydrogen-bond acceptors (Lipinski definition) is 1. The summed E-state index contributed by atoms with van der Waals surface area (Å²) in [7, 11) is 2.00. The van der Waals surface area contributed by atoms with E-state index in [0.717, 1.165) is 22.2 Å². The lowest BCUT2D eigenvalue weighted by Crippen LogP contribution is -1.90. The monoisotopic (exact) mass is 184 g/mol. The predicted octanol–water partition coefficient (Wildman–Crippen LogP) is 2.67. The SMILES string of the molecule is Cc1ccc2c(C#N)c(C)n(C)c2c1. The van der Waals surface area contributed by atoms with Gasteiger partial charge in [0.2, 0.25) is 0 Å². The molecule has 0 spiro atoms. The Kier molecular flexibility index (Phi) is 1.82. The van der Waals surface area contributed by atoms with Gasteiger partial charge in [0.05, 0.1) is 5.56 Å². The molecule has 0 saturated heterocycles. The van der Waals surface area contributed by atoms with Crippen LogP contribution < -0.4 is 0 Å². The minimum absolute atomic E-state index is 0.794. The Morgan fingerprint density at radius 2 is 2.00 bits per heavy atom. The summed E-state index contributed by atoms with van der Waals surface area (Å²) in [6, 6.07) is 8.44. The van der Waals surface area contributed by atoms with Crippen molar-refractivity contribution >= 4 is 10.9 Å². The molecule has 0 unspecified atom stereocenters. The second-order valence-electron chi connectivity index (χ2n) is 3.65. The lowest BCUT2D eigenvalue weighted by Gasteiger charge is -1.98. The second-order valence-corrected chi connectivity index (χ2v) is 3.65. The van der Waals surface area contributed by atoms with E-state index in [0.29, 0.717) is 0 Å². The molecule has 1 aromatic carbocycles. The van der Waals surface area contributed by atoms with Crippen molar-refractivity contribution in [1.29, 1.82) is 5.26 Å². The van der Waals surface area contributed by atoms with Gasteiger partial charge in [-0.15, -0.1) is 0 Å². The number of rotatable bonds is 0.